The number of fused-ring (bicyclic) bond motifs is 1. The average molecular weight is 247 g/mol. The summed E-state index contributed by atoms with van der Waals surface area (Å²) >= 11 is 0. The maximum atomic E-state index is 8.87. The Labute approximate surface area is 112 Å². The van der Waals surface area contributed by atoms with Crippen LogP contribution in [0.5, 0.6) is 11.5 Å². The van der Waals surface area contributed by atoms with Gasteiger partial charge >= 0.3 is 0 Å². The summed E-state index contributed by atoms with van der Waals surface area (Å²) in [5.41, 5.74) is 3.19. The minimum atomic E-state index is 0.610. The molecule has 2 heteroatoms. The molecule has 0 amide bonds. The molecular formula is C17H13NO. The molecule has 1 aliphatic carbocycles. The quantitative estimate of drug-likeness (QED) is 0.792. The van der Waals surface area contributed by atoms with Gasteiger partial charge in [-0.05, 0) is 54.3 Å². The second-order valence-corrected chi connectivity index (χ2v) is 4.54. The largest absolute Gasteiger partial charge is 0.457 e. The van der Waals surface area contributed by atoms with Crippen LogP contribution in [-0.2, 0) is 6.42 Å². The van der Waals surface area contributed by atoms with E-state index in [9.17, 15) is 0 Å². The van der Waals surface area contributed by atoms with Crippen molar-refractivity contribution < 1.29 is 4.74 Å². The summed E-state index contributed by atoms with van der Waals surface area (Å²) in [5, 5.41) is 8.87. The van der Waals surface area contributed by atoms with Crippen LogP contribution in [0.25, 0.3) is 6.08 Å². The Kier molecular flexibility index (Phi) is 3.04. The fourth-order valence-corrected chi connectivity index (χ4v) is 2.24. The third-order valence-corrected chi connectivity index (χ3v) is 3.19. The number of aryl methyl sites for hydroxylation is 1. The first-order valence-electron chi connectivity index (χ1n) is 6.33. The number of allylic oxidation sites excluding steroid dienone is 1. The minimum Gasteiger partial charge on any atom is -0.457 e. The molecule has 0 fully saturated rings. The van der Waals surface area contributed by atoms with E-state index in [1.165, 1.54) is 11.1 Å². The van der Waals surface area contributed by atoms with E-state index in [0.717, 1.165) is 18.6 Å². The van der Waals surface area contributed by atoms with Gasteiger partial charge in [0.2, 0.25) is 0 Å². The molecule has 0 saturated heterocycles. The second kappa shape index (κ2) is 4.99. The van der Waals surface area contributed by atoms with E-state index in [4.69, 9.17) is 10.00 Å². The first-order chi connectivity index (χ1) is 9.35. The molecule has 0 unspecified atom stereocenters. The lowest BCUT2D eigenvalue weighted by molar-refractivity contribution is 0.481. The summed E-state index contributed by atoms with van der Waals surface area (Å²) in [5.74, 6) is 1.52. The summed E-state index contributed by atoms with van der Waals surface area (Å²) in [6.45, 7) is 0. The number of hydrogen-bond acceptors (Lipinski definition) is 2. The van der Waals surface area contributed by atoms with Gasteiger partial charge in [0, 0.05) is 0 Å². The van der Waals surface area contributed by atoms with Gasteiger partial charge in [-0.15, -0.1) is 0 Å². The Bertz CT molecular complexity index is 680. The molecule has 0 saturated carbocycles. The van der Waals surface area contributed by atoms with Gasteiger partial charge in [-0.2, -0.15) is 5.26 Å². The predicted molar refractivity (Wildman–Crippen MR) is 75.0 cm³/mol. The predicted octanol–water partition coefficient (Wildman–Crippen LogP) is 4.31. The molecule has 19 heavy (non-hydrogen) atoms. The molecule has 92 valence electrons. The maximum absolute atomic E-state index is 8.87. The highest BCUT2D eigenvalue weighted by Crippen LogP contribution is 2.27. The summed E-state index contributed by atoms with van der Waals surface area (Å²) in [6.07, 6.45) is 6.49. The van der Waals surface area contributed by atoms with Gasteiger partial charge in [-0.25, -0.2) is 0 Å². The fraction of sp³-hybridized carbons (Fsp3) is 0.118. The van der Waals surface area contributed by atoms with E-state index in [1.54, 1.807) is 12.1 Å². The van der Waals surface area contributed by atoms with Crippen LogP contribution in [-0.4, -0.2) is 0 Å². The number of hydrogen-bond donors (Lipinski definition) is 0. The van der Waals surface area contributed by atoms with E-state index in [2.05, 4.69) is 30.4 Å². The Morgan fingerprint density at radius 2 is 1.95 bits per heavy atom. The zero-order valence-corrected chi connectivity index (χ0v) is 10.5. The lowest BCUT2D eigenvalue weighted by Gasteiger charge is -2.12. The van der Waals surface area contributed by atoms with Crippen LogP contribution in [0.3, 0.4) is 0 Å². The van der Waals surface area contributed by atoms with Gasteiger partial charge in [-0.1, -0.05) is 24.3 Å². The van der Waals surface area contributed by atoms with Crippen molar-refractivity contribution in [3.63, 3.8) is 0 Å². The highest BCUT2D eigenvalue weighted by molar-refractivity contribution is 5.58. The summed E-state index contributed by atoms with van der Waals surface area (Å²) in [6, 6.07) is 15.4. The molecule has 0 radical (unpaired) electrons. The van der Waals surface area contributed by atoms with E-state index < -0.39 is 0 Å². The Morgan fingerprint density at radius 3 is 2.84 bits per heavy atom. The van der Waals surface area contributed by atoms with Gasteiger partial charge in [0.15, 0.2) is 0 Å². The third kappa shape index (κ3) is 2.51. The summed E-state index contributed by atoms with van der Waals surface area (Å²) in [4.78, 5) is 0. The number of nitriles is 1. The molecule has 0 aromatic heterocycles. The molecular weight excluding hydrogens is 234 g/mol. The standard InChI is InChI=1S/C17H13NO/c18-12-13-4-3-7-16(10-13)19-17-9-8-14-5-1-2-6-15(14)11-17/h1,3-5,7-11H,2,6H2. The molecule has 2 nitrogen and oxygen atoms in total. The summed E-state index contributed by atoms with van der Waals surface area (Å²) in [7, 11) is 0. The van der Waals surface area contributed by atoms with E-state index in [1.807, 2.05) is 18.2 Å². The van der Waals surface area contributed by atoms with Crippen molar-refractivity contribution in [2.75, 3.05) is 0 Å². The van der Waals surface area contributed by atoms with Gasteiger partial charge in [-0.3, -0.25) is 0 Å². The minimum absolute atomic E-state index is 0.610. The molecule has 1 aliphatic rings. The molecule has 0 bridgehead atoms. The zero-order chi connectivity index (χ0) is 13.1. The van der Waals surface area contributed by atoms with Gasteiger partial charge in [0.25, 0.3) is 0 Å². The smallest absolute Gasteiger partial charge is 0.128 e. The highest BCUT2D eigenvalue weighted by Gasteiger charge is 2.06. The maximum Gasteiger partial charge on any atom is 0.128 e. The number of benzene rings is 2. The number of rotatable bonds is 2. The van der Waals surface area contributed by atoms with Crippen LogP contribution in [0.1, 0.15) is 23.1 Å². The van der Waals surface area contributed by atoms with Crippen molar-refractivity contribution in [2.45, 2.75) is 12.8 Å². The molecule has 0 atom stereocenters. The van der Waals surface area contributed by atoms with Crippen molar-refractivity contribution in [2.24, 2.45) is 0 Å². The van der Waals surface area contributed by atoms with Crippen LogP contribution in [0, 0.1) is 11.3 Å². The molecule has 0 aliphatic heterocycles. The van der Waals surface area contributed by atoms with Gasteiger partial charge < -0.3 is 4.74 Å². The lowest BCUT2D eigenvalue weighted by Crippen LogP contribution is -1.94. The van der Waals surface area contributed by atoms with Gasteiger partial charge in [0.1, 0.15) is 11.5 Å². The van der Waals surface area contributed by atoms with Crippen molar-refractivity contribution in [1.82, 2.24) is 0 Å². The van der Waals surface area contributed by atoms with Crippen LogP contribution >= 0.6 is 0 Å². The first kappa shape index (κ1) is 11.6. The Morgan fingerprint density at radius 1 is 1.05 bits per heavy atom. The zero-order valence-electron chi connectivity index (χ0n) is 10.5. The van der Waals surface area contributed by atoms with Crippen molar-refractivity contribution >= 4 is 6.08 Å². The average Bonchev–Trinajstić information content (AvgIpc) is 2.47. The Hall–Kier alpha value is -2.53. The first-order valence-corrected chi connectivity index (χ1v) is 6.33. The van der Waals surface area contributed by atoms with Crippen LogP contribution < -0.4 is 4.74 Å². The normalized spacial score (nSPS) is 12.6. The monoisotopic (exact) mass is 247 g/mol. The molecule has 2 aromatic carbocycles. The van der Waals surface area contributed by atoms with Crippen molar-refractivity contribution in [3.8, 4) is 17.6 Å². The lowest BCUT2D eigenvalue weighted by atomic mass is 9.97. The van der Waals surface area contributed by atoms with E-state index >= 15 is 0 Å². The van der Waals surface area contributed by atoms with Crippen molar-refractivity contribution in [1.29, 1.82) is 5.26 Å². The van der Waals surface area contributed by atoms with Gasteiger partial charge in [0.05, 0.1) is 11.6 Å². The van der Waals surface area contributed by atoms with Crippen molar-refractivity contribution in [3.05, 3.63) is 65.2 Å². The molecule has 0 N–H and O–H groups in total. The van der Waals surface area contributed by atoms with Crippen LogP contribution in [0.15, 0.2) is 48.5 Å². The third-order valence-electron chi connectivity index (χ3n) is 3.19. The summed E-state index contributed by atoms with van der Waals surface area (Å²) < 4.78 is 5.81. The van der Waals surface area contributed by atoms with Crippen LogP contribution in [0.2, 0.25) is 0 Å². The Balaban J connectivity index is 1.87. The molecule has 0 spiro atoms. The molecule has 3 rings (SSSR count). The number of ether oxygens (including phenoxy) is 1. The molecule has 2 aromatic rings. The fourth-order valence-electron chi connectivity index (χ4n) is 2.24. The highest BCUT2D eigenvalue weighted by atomic mass is 16.5. The van der Waals surface area contributed by atoms with E-state index in [0.29, 0.717) is 11.3 Å². The SMILES string of the molecule is N#Cc1cccc(Oc2ccc3c(c2)CCC=C3)c1. The second-order valence-electron chi connectivity index (χ2n) is 4.54. The number of nitrogens with zero attached hydrogens (tertiary/aromatic N) is 1. The van der Waals surface area contributed by atoms with E-state index in [-0.39, 0.29) is 0 Å². The van der Waals surface area contributed by atoms with Crippen LogP contribution in [0.4, 0.5) is 0 Å². The molecule has 0 heterocycles. The topological polar surface area (TPSA) is 33.0 Å².